The number of amides is 1. The summed E-state index contributed by atoms with van der Waals surface area (Å²) in [5, 5.41) is 9.25. The molecule has 2 unspecified atom stereocenters. The number of carboxylic acids is 1. The second-order valence-electron chi connectivity index (χ2n) is 5.70. The van der Waals surface area contributed by atoms with Crippen molar-refractivity contribution in [1.29, 1.82) is 0 Å². The number of aliphatic carboxylic acids is 1. The minimum Gasteiger partial charge on any atom is -0.491 e. The van der Waals surface area contributed by atoms with Gasteiger partial charge in [0.05, 0.1) is 18.4 Å². The monoisotopic (exact) mass is 289 g/mol. The van der Waals surface area contributed by atoms with Gasteiger partial charge in [-0.1, -0.05) is 24.6 Å². The van der Waals surface area contributed by atoms with E-state index in [0.29, 0.717) is 32.5 Å². The molecule has 0 radical (unpaired) electrons. The van der Waals surface area contributed by atoms with E-state index in [-0.39, 0.29) is 11.8 Å². The van der Waals surface area contributed by atoms with E-state index in [1.807, 2.05) is 24.3 Å². The molecule has 3 rings (SSSR count). The quantitative estimate of drug-likeness (QED) is 0.903. The van der Waals surface area contributed by atoms with Crippen molar-refractivity contribution in [2.75, 3.05) is 13.2 Å². The van der Waals surface area contributed by atoms with Gasteiger partial charge in [-0.2, -0.15) is 0 Å². The molecule has 1 aliphatic carbocycles. The third-order valence-corrected chi connectivity index (χ3v) is 4.41. The normalized spacial score (nSPS) is 24.9. The summed E-state index contributed by atoms with van der Waals surface area (Å²) < 4.78 is 5.66. The standard InChI is InChI=1S/C16H19NO4/c18-15(12-5-3-6-13(12)16(19)20)17-8-9-21-14-7-2-1-4-11(14)10-17/h1-2,4,7,12-13H,3,5-6,8-10H2,(H,19,20). The molecule has 5 nitrogen and oxygen atoms in total. The van der Waals surface area contributed by atoms with Crippen LogP contribution in [0, 0.1) is 11.8 Å². The molecule has 2 atom stereocenters. The average Bonchev–Trinajstić information content (AvgIpc) is 2.87. The Morgan fingerprint density at radius 1 is 1.19 bits per heavy atom. The van der Waals surface area contributed by atoms with Crippen molar-refractivity contribution < 1.29 is 19.4 Å². The van der Waals surface area contributed by atoms with Crippen LogP contribution < -0.4 is 4.74 Å². The van der Waals surface area contributed by atoms with Gasteiger partial charge in [0.1, 0.15) is 12.4 Å². The molecule has 1 saturated carbocycles. The lowest BCUT2D eigenvalue weighted by Gasteiger charge is -2.25. The van der Waals surface area contributed by atoms with Gasteiger partial charge in [-0.3, -0.25) is 9.59 Å². The molecular weight excluding hydrogens is 270 g/mol. The summed E-state index contributed by atoms with van der Waals surface area (Å²) >= 11 is 0. The zero-order chi connectivity index (χ0) is 14.8. The highest BCUT2D eigenvalue weighted by molar-refractivity contribution is 5.85. The first kappa shape index (κ1) is 13.9. The third-order valence-electron chi connectivity index (χ3n) is 4.41. The number of fused-ring (bicyclic) bond motifs is 1. The lowest BCUT2D eigenvalue weighted by atomic mass is 9.94. The van der Waals surface area contributed by atoms with Gasteiger partial charge in [0.25, 0.3) is 0 Å². The highest BCUT2D eigenvalue weighted by Crippen LogP contribution is 2.34. The molecule has 1 aromatic carbocycles. The van der Waals surface area contributed by atoms with Crippen LogP contribution in [0.4, 0.5) is 0 Å². The van der Waals surface area contributed by atoms with E-state index in [0.717, 1.165) is 17.7 Å². The van der Waals surface area contributed by atoms with Crippen LogP contribution in [0.5, 0.6) is 5.75 Å². The Labute approximate surface area is 123 Å². The molecule has 112 valence electrons. The van der Waals surface area contributed by atoms with Crippen molar-refractivity contribution in [3.8, 4) is 5.75 Å². The van der Waals surface area contributed by atoms with Gasteiger partial charge in [-0.15, -0.1) is 0 Å². The van der Waals surface area contributed by atoms with Gasteiger partial charge in [0, 0.05) is 12.1 Å². The summed E-state index contributed by atoms with van der Waals surface area (Å²) in [6.07, 6.45) is 2.09. The molecule has 0 aromatic heterocycles. The molecule has 1 aliphatic heterocycles. The first-order chi connectivity index (χ1) is 10.2. The largest absolute Gasteiger partial charge is 0.491 e. The molecule has 0 bridgehead atoms. The lowest BCUT2D eigenvalue weighted by molar-refractivity contribution is -0.149. The third kappa shape index (κ3) is 2.73. The number of ether oxygens (including phenoxy) is 1. The van der Waals surface area contributed by atoms with E-state index < -0.39 is 11.9 Å². The SMILES string of the molecule is O=C(O)C1CCCC1C(=O)N1CCOc2ccccc2C1. The van der Waals surface area contributed by atoms with Gasteiger partial charge in [0.2, 0.25) is 5.91 Å². The smallest absolute Gasteiger partial charge is 0.307 e. The van der Waals surface area contributed by atoms with Crippen molar-refractivity contribution in [3.63, 3.8) is 0 Å². The van der Waals surface area contributed by atoms with Crippen molar-refractivity contribution in [2.24, 2.45) is 11.8 Å². The van der Waals surface area contributed by atoms with E-state index in [4.69, 9.17) is 4.74 Å². The first-order valence-corrected chi connectivity index (χ1v) is 7.39. The summed E-state index contributed by atoms with van der Waals surface area (Å²) in [7, 11) is 0. The summed E-state index contributed by atoms with van der Waals surface area (Å²) in [4.78, 5) is 25.7. The molecule has 1 amide bonds. The number of para-hydroxylation sites is 1. The molecule has 2 aliphatic rings. The molecule has 21 heavy (non-hydrogen) atoms. The van der Waals surface area contributed by atoms with Gasteiger partial charge >= 0.3 is 5.97 Å². The van der Waals surface area contributed by atoms with Crippen molar-refractivity contribution in [1.82, 2.24) is 4.90 Å². The number of rotatable bonds is 2. The summed E-state index contributed by atoms with van der Waals surface area (Å²) in [6.45, 7) is 1.46. The molecule has 5 heteroatoms. The Hall–Kier alpha value is -2.04. The highest BCUT2D eigenvalue weighted by atomic mass is 16.5. The molecule has 1 aromatic rings. The Morgan fingerprint density at radius 2 is 1.95 bits per heavy atom. The topological polar surface area (TPSA) is 66.8 Å². The number of benzene rings is 1. The van der Waals surface area contributed by atoms with Crippen LogP contribution in [0.15, 0.2) is 24.3 Å². The summed E-state index contributed by atoms with van der Waals surface area (Å²) in [5.41, 5.74) is 0.980. The molecular formula is C16H19NO4. The van der Waals surface area contributed by atoms with E-state index in [1.54, 1.807) is 4.90 Å². The van der Waals surface area contributed by atoms with Crippen LogP contribution in [0.2, 0.25) is 0 Å². The molecule has 1 N–H and O–H groups in total. The van der Waals surface area contributed by atoms with E-state index >= 15 is 0 Å². The van der Waals surface area contributed by atoms with Crippen molar-refractivity contribution in [3.05, 3.63) is 29.8 Å². The van der Waals surface area contributed by atoms with Gasteiger partial charge in [-0.05, 0) is 18.9 Å². The predicted octanol–water partition coefficient (Wildman–Crippen LogP) is 1.91. The molecule has 0 spiro atoms. The number of carbonyl (C=O) groups is 2. The van der Waals surface area contributed by atoms with Gasteiger partial charge in [0.15, 0.2) is 0 Å². The highest BCUT2D eigenvalue weighted by Gasteiger charge is 2.40. The second kappa shape index (κ2) is 5.76. The lowest BCUT2D eigenvalue weighted by Crippen LogP contribution is -2.39. The van der Waals surface area contributed by atoms with Gasteiger partial charge in [-0.25, -0.2) is 0 Å². The molecule has 1 fully saturated rings. The number of nitrogens with zero attached hydrogens (tertiary/aromatic N) is 1. The Morgan fingerprint density at radius 3 is 2.76 bits per heavy atom. The Bertz CT molecular complexity index is 557. The first-order valence-electron chi connectivity index (χ1n) is 7.39. The number of carbonyl (C=O) groups excluding carboxylic acids is 1. The maximum atomic E-state index is 12.7. The number of hydrogen-bond donors (Lipinski definition) is 1. The maximum absolute atomic E-state index is 12.7. The van der Waals surface area contributed by atoms with E-state index in [9.17, 15) is 14.7 Å². The van der Waals surface area contributed by atoms with Gasteiger partial charge < -0.3 is 14.7 Å². The van der Waals surface area contributed by atoms with Crippen LogP contribution in [0.1, 0.15) is 24.8 Å². The Kier molecular flexibility index (Phi) is 3.82. The zero-order valence-corrected chi connectivity index (χ0v) is 11.8. The predicted molar refractivity (Wildman–Crippen MR) is 75.8 cm³/mol. The minimum absolute atomic E-state index is 0.0415. The summed E-state index contributed by atoms with van der Waals surface area (Å²) in [5.74, 6) is -0.990. The summed E-state index contributed by atoms with van der Waals surface area (Å²) in [6, 6.07) is 7.68. The van der Waals surface area contributed by atoms with E-state index in [1.165, 1.54) is 0 Å². The fourth-order valence-corrected chi connectivity index (χ4v) is 3.30. The fraction of sp³-hybridized carbons (Fsp3) is 0.500. The van der Waals surface area contributed by atoms with Crippen LogP contribution in [0.25, 0.3) is 0 Å². The van der Waals surface area contributed by atoms with Crippen LogP contribution in [-0.2, 0) is 16.1 Å². The van der Waals surface area contributed by atoms with Crippen LogP contribution in [-0.4, -0.2) is 35.0 Å². The fourth-order valence-electron chi connectivity index (χ4n) is 3.30. The van der Waals surface area contributed by atoms with Crippen LogP contribution in [0.3, 0.4) is 0 Å². The van der Waals surface area contributed by atoms with Crippen molar-refractivity contribution >= 4 is 11.9 Å². The molecule has 1 heterocycles. The zero-order valence-electron chi connectivity index (χ0n) is 11.8. The second-order valence-corrected chi connectivity index (χ2v) is 5.70. The number of carboxylic acid groups (broad SMARTS) is 1. The number of hydrogen-bond acceptors (Lipinski definition) is 3. The maximum Gasteiger partial charge on any atom is 0.307 e. The van der Waals surface area contributed by atoms with Crippen molar-refractivity contribution in [2.45, 2.75) is 25.8 Å². The minimum atomic E-state index is -0.850. The average molecular weight is 289 g/mol. The Balaban J connectivity index is 1.77. The molecule has 0 saturated heterocycles. The van der Waals surface area contributed by atoms with E-state index in [2.05, 4.69) is 0 Å². The van der Waals surface area contributed by atoms with Crippen LogP contribution >= 0.6 is 0 Å².